The third-order valence-corrected chi connectivity index (χ3v) is 6.22. The second-order valence-corrected chi connectivity index (χ2v) is 10.3. The zero-order valence-corrected chi connectivity index (χ0v) is 20.9. The number of hydrogen-bond donors (Lipinski definition) is 0. The second-order valence-electron chi connectivity index (χ2n) is 8.71. The number of aryl methyl sites for hydroxylation is 3. The zero-order valence-electron chi connectivity index (χ0n) is 20.1. The van der Waals surface area contributed by atoms with Gasteiger partial charge >= 0.3 is 10.1 Å². The molecule has 0 aliphatic rings. The Kier molecular flexibility index (Phi) is 6.94. The fourth-order valence-electron chi connectivity index (χ4n) is 3.94. The molecule has 0 aromatic heterocycles. The van der Waals surface area contributed by atoms with Crippen molar-refractivity contribution in [3.05, 3.63) is 107 Å². The average molecular weight is 491 g/mol. The number of hydrogen-bond acceptors (Lipinski definition) is 4. The normalized spacial score (nSPS) is 11.3. The van der Waals surface area contributed by atoms with Crippen molar-refractivity contribution in [1.29, 1.82) is 0 Å². The van der Waals surface area contributed by atoms with E-state index in [1.807, 2.05) is 57.2 Å². The van der Waals surface area contributed by atoms with Gasteiger partial charge in [-0.15, -0.1) is 0 Å². The molecule has 6 heteroatoms. The van der Waals surface area contributed by atoms with Crippen LogP contribution in [0.1, 0.15) is 22.3 Å². The van der Waals surface area contributed by atoms with E-state index in [2.05, 4.69) is 6.07 Å². The minimum Gasteiger partial charge on any atom is -0.485 e. The molecule has 0 fully saturated rings. The smallest absolute Gasteiger partial charge is 0.306 e. The summed E-state index contributed by atoms with van der Waals surface area (Å²) in [6, 6.07) is 23.7. The van der Waals surface area contributed by atoms with Gasteiger partial charge in [-0.2, -0.15) is 8.42 Å². The zero-order chi connectivity index (χ0) is 25.2. The van der Waals surface area contributed by atoms with Crippen molar-refractivity contribution in [1.82, 2.24) is 0 Å². The van der Waals surface area contributed by atoms with E-state index < -0.39 is 10.1 Å². The lowest BCUT2D eigenvalue weighted by atomic mass is 9.92. The lowest BCUT2D eigenvalue weighted by molar-refractivity contribution is 0.296. The molecule has 4 rings (SSSR count). The summed E-state index contributed by atoms with van der Waals surface area (Å²) < 4.78 is 48.5. The van der Waals surface area contributed by atoms with E-state index in [0.29, 0.717) is 5.75 Å². The number of rotatable bonds is 7. The van der Waals surface area contributed by atoms with Crippen LogP contribution < -0.4 is 8.92 Å². The summed E-state index contributed by atoms with van der Waals surface area (Å²) in [5, 5.41) is 0. The molecule has 0 aliphatic carbocycles. The largest absolute Gasteiger partial charge is 0.485 e. The van der Waals surface area contributed by atoms with E-state index in [1.165, 1.54) is 12.1 Å². The fraction of sp³-hybridized carbons (Fsp3) is 0.172. The maximum Gasteiger partial charge on any atom is 0.306 e. The summed E-state index contributed by atoms with van der Waals surface area (Å²) in [5.74, 6) is 0.205. The van der Waals surface area contributed by atoms with Crippen LogP contribution in [0.3, 0.4) is 0 Å². The standard InChI is InChI=1S/C29H27FO4S/c1-19-5-7-22(8-6-19)18-33-28-14-11-24(17-29(28)34-35(4,31)32)27-16-20(2)26(15-21(27)3)23-9-12-25(30)13-10-23/h5-17H,18H2,1-4H3. The molecule has 0 unspecified atom stereocenters. The molecule has 0 heterocycles. The molecule has 0 aliphatic heterocycles. The van der Waals surface area contributed by atoms with Crippen LogP contribution in [0.15, 0.2) is 78.9 Å². The molecule has 0 saturated heterocycles. The molecule has 0 spiro atoms. The van der Waals surface area contributed by atoms with Gasteiger partial charge in [0.25, 0.3) is 0 Å². The maximum atomic E-state index is 13.4. The van der Waals surface area contributed by atoms with Gasteiger partial charge in [-0.3, -0.25) is 0 Å². The first-order valence-electron chi connectivity index (χ1n) is 11.2. The van der Waals surface area contributed by atoms with Crippen LogP contribution in [0, 0.1) is 26.6 Å². The predicted octanol–water partition coefficient (Wildman–Crippen LogP) is 7.00. The Morgan fingerprint density at radius 3 is 1.89 bits per heavy atom. The van der Waals surface area contributed by atoms with E-state index in [1.54, 1.807) is 24.3 Å². The first-order valence-corrected chi connectivity index (χ1v) is 13.0. The topological polar surface area (TPSA) is 52.6 Å². The van der Waals surface area contributed by atoms with E-state index in [0.717, 1.165) is 50.8 Å². The molecule has 35 heavy (non-hydrogen) atoms. The Morgan fingerprint density at radius 2 is 1.29 bits per heavy atom. The lowest BCUT2D eigenvalue weighted by Gasteiger charge is -2.16. The molecule has 0 bridgehead atoms. The van der Waals surface area contributed by atoms with Crippen molar-refractivity contribution in [2.45, 2.75) is 27.4 Å². The van der Waals surface area contributed by atoms with Crippen molar-refractivity contribution in [3.63, 3.8) is 0 Å². The van der Waals surface area contributed by atoms with E-state index in [-0.39, 0.29) is 18.2 Å². The Hall–Kier alpha value is -3.64. The van der Waals surface area contributed by atoms with Crippen LogP contribution in [0.5, 0.6) is 11.5 Å². The van der Waals surface area contributed by atoms with Crippen molar-refractivity contribution >= 4 is 10.1 Å². The summed E-state index contributed by atoms with van der Waals surface area (Å²) in [6.45, 7) is 6.27. The molecular weight excluding hydrogens is 463 g/mol. The highest BCUT2D eigenvalue weighted by Crippen LogP contribution is 2.37. The molecule has 0 N–H and O–H groups in total. The fourth-order valence-corrected chi connectivity index (χ4v) is 4.39. The highest BCUT2D eigenvalue weighted by molar-refractivity contribution is 7.86. The van der Waals surface area contributed by atoms with Crippen LogP contribution in [0.2, 0.25) is 0 Å². The van der Waals surface area contributed by atoms with Gasteiger partial charge in [0.2, 0.25) is 0 Å². The first kappa shape index (κ1) is 24.5. The molecular formula is C29H27FO4S. The number of benzene rings is 4. The van der Waals surface area contributed by atoms with Crippen LogP contribution in [0.25, 0.3) is 22.3 Å². The molecule has 0 atom stereocenters. The van der Waals surface area contributed by atoms with Crippen molar-refractivity contribution in [3.8, 4) is 33.8 Å². The minimum absolute atomic E-state index is 0.136. The van der Waals surface area contributed by atoms with Crippen LogP contribution in [-0.2, 0) is 16.7 Å². The van der Waals surface area contributed by atoms with Gasteiger partial charge in [-0.25, -0.2) is 4.39 Å². The predicted molar refractivity (Wildman–Crippen MR) is 138 cm³/mol. The summed E-state index contributed by atoms with van der Waals surface area (Å²) in [4.78, 5) is 0. The molecule has 0 amide bonds. The molecule has 4 nitrogen and oxygen atoms in total. The van der Waals surface area contributed by atoms with E-state index >= 15 is 0 Å². The van der Waals surface area contributed by atoms with Gasteiger partial charge in [0, 0.05) is 0 Å². The average Bonchev–Trinajstić information content (AvgIpc) is 2.80. The van der Waals surface area contributed by atoms with Crippen LogP contribution in [-0.4, -0.2) is 14.7 Å². The Bertz CT molecular complexity index is 1460. The summed E-state index contributed by atoms with van der Waals surface area (Å²) in [5.41, 5.74) is 7.81. The molecule has 0 radical (unpaired) electrons. The van der Waals surface area contributed by atoms with Crippen LogP contribution >= 0.6 is 0 Å². The SMILES string of the molecule is Cc1ccc(COc2ccc(-c3cc(C)c(-c4ccc(F)cc4)cc3C)cc2OS(C)(=O)=O)cc1. The van der Waals surface area contributed by atoms with Crippen molar-refractivity contribution < 1.29 is 21.7 Å². The first-order chi connectivity index (χ1) is 16.6. The van der Waals surface area contributed by atoms with Gasteiger partial charge < -0.3 is 8.92 Å². The highest BCUT2D eigenvalue weighted by atomic mass is 32.2. The third kappa shape index (κ3) is 6.08. The van der Waals surface area contributed by atoms with Crippen molar-refractivity contribution in [2.24, 2.45) is 0 Å². The Balaban J connectivity index is 1.69. The minimum atomic E-state index is -3.76. The molecule has 0 saturated carbocycles. The summed E-state index contributed by atoms with van der Waals surface area (Å²) >= 11 is 0. The van der Waals surface area contributed by atoms with E-state index in [4.69, 9.17) is 8.92 Å². The van der Waals surface area contributed by atoms with E-state index in [9.17, 15) is 12.8 Å². The van der Waals surface area contributed by atoms with Gasteiger partial charge in [0.15, 0.2) is 11.5 Å². The van der Waals surface area contributed by atoms with Crippen LogP contribution in [0.4, 0.5) is 4.39 Å². The van der Waals surface area contributed by atoms with Gasteiger partial charge in [-0.05, 0) is 84.0 Å². The Labute approximate surface area is 206 Å². The summed E-state index contributed by atoms with van der Waals surface area (Å²) in [7, 11) is -3.76. The maximum absolute atomic E-state index is 13.4. The third-order valence-electron chi connectivity index (χ3n) is 5.74. The monoisotopic (exact) mass is 490 g/mol. The lowest BCUT2D eigenvalue weighted by Crippen LogP contribution is -2.08. The molecule has 4 aromatic carbocycles. The van der Waals surface area contributed by atoms with Crippen molar-refractivity contribution in [2.75, 3.05) is 6.26 Å². The number of ether oxygens (including phenoxy) is 1. The van der Waals surface area contributed by atoms with Gasteiger partial charge in [0.1, 0.15) is 12.4 Å². The molecule has 4 aromatic rings. The number of halogens is 1. The van der Waals surface area contributed by atoms with Gasteiger partial charge in [0.05, 0.1) is 6.26 Å². The van der Waals surface area contributed by atoms with Gasteiger partial charge in [-0.1, -0.05) is 60.2 Å². The quantitative estimate of drug-likeness (QED) is 0.262. The molecule has 180 valence electrons. The highest BCUT2D eigenvalue weighted by Gasteiger charge is 2.16. The summed E-state index contributed by atoms with van der Waals surface area (Å²) in [6.07, 6.45) is 1.01. The Morgan fingerprint density at radius 1 is 0.714 bits per heavy atom. The second kappa shape index (κ2) is 9.92.